The SMILES string of the molecule is CCOC/C=C/S(=O)(=O)c1ccc(C)cc1. The summed E-state index contributed by atoms with van der Waals surface area (Å²) in [5.74, 6) is 0. The van der Waals surface area contributed by atoms with Gasteiger partial charge in [-0.3, -0.25) is 0 Å². The molecule has 0 atom stereocenters. The molecule has 1 rings (SSSR count). The van der Waals surface area contributed by atoms with E-state index in [9.17, 15) is 8.42 Å². The van der Waals surface area contributed by atoms with Crippen LogP contribution in [0.15, 0.2) is 40.6 Å². The first kappa shape index (κ1) is 12.9. The van der Waals surface area contributed by atoms with Gasteiger partial charge in [0.05, 0.1) is 11.5 Å². The molecular formula is C12H16O3S. The third-order valence-electron chi connectivity index (χ3n) is 2.04. The average molecular weight is 240 g/mol. The Bertz CT molecular complexity index is 444. The Morgan fingerprint density at radius 1 is 1.25 bits per heavy atom. The zero-order chi connectivity index (χ0) is 12.0. The van der Waals surface area contributed by atoms with Gasteiger partial charge in [-0.1, -0.05) is 17.7 Å². The fourth-order valence-electron chi connectivity index (χ4n) is 1.16. The Kier molecular flexibility index (Phi) is 4.71. The smallest absolute Gasteiger partial charge is 0.199 e. The maximum atomic E-state index is 11.8. The molecule has 0 amide bonds. The number of aryl methyl sites for hydroxylation is 1. The molecule has 0 spiro atoms. The number of rotatable bonds is 5. The molecule has 1 aromatic carbocycles. The van der Waals surface area contributed by atoms with Gasteiger partial charge in [0.1, 0.15) is 0 Å². The van der Waals surface area contributed by atoms with E-state index in [-0.39, 0.29) is 0 Å². The lowest BCUT2D eigenvalue weighted by Crippen LogP contribution is -1.97. The second-order valence-electron chi connectivity index (χ2n) is 3.39. The van der Waals surface area contributed by atoms with Crippen molar-refractivity contribution in [1.29, 1.82) is 0 Å². The van der Waals surface area contributed by atoms with Crippen molar-refractivity contribution in [2.45, 2.75) is 18.7 Å². The van der Waals surface area contributed by atoms with E-state index in [0.717, 1.165) is 5.56 Å². The van der Waals surface area contributed by atoms with Gasteiger partial charge in [-0.25, -0.2) is 8.42 Å². The summed E-state index contributed by atoms with van der Waals surface area (Å²) in [4.78, 5) is 0.311. The molecule has 4 heteroatoms. The van der Waals surface area contributed by atoms with Crippen LogP contribution in [0.3, 0.4) is 0 Å². The van der Waals surface area contributed by atoms with Crippen LogP contribution in [0.4, 0.5) is 0 Å². The molecule has 0 saturated carbocycles. The minimum absolute atomic E-state index is 0.311. The van der Waals surface area contributed by atoms with Crippen LogP contribution in [0.5, 0.6) is 0 Å². The summed E-state index contributed by atoms with van der Waals surface area (Å²) in [6.45, 7) is 4.68. The van der Waals surface area contributed by atoms with Gasteiger partial charge in [0, 0.05) is 12.0 Å². The molecule has 0 heterocycles. The van der Waals surface area contributed by atoms with Crippen molar-refractivity contribution < 1.29 is 13.2 Å². The van der Waals surface area contributed by atoms with E-state index < -0.39 is 9.84 Å². The molecule has 0 aliphatic rings. The van der Waals surface area contributed by atoms with E-state index in [1.807, 2.05) is 13.8 Å². The lowest BCUT2D eigenvalue weighted by atomic mass is 10.2. The number of hydrogen-bond acceptors (Lipinski definition) is 3. The highest BCUT2D eigenvalue weighted by Gasteiger charge is 2.08. The van der Waals surface area contributed by atoms with Crippen LogP contribution in [-0.2, 0) is 14.6 Å². The van der Waals surface area contributed by atoms with Crippen LogP contribution < -0.4 is 0 Å². The van der Waals surface area contributed by atoms with E-state index >= 15 is 0 Å². The van der Waals surface area contributed by atoms with Gasteiger partial charge in [0.15, 0.2) is 9.84 Å². The summed E-state index contributed by atoms with van der Waals surface area (Å²) in [5.41, 5.74) is 1.04. The standard InChI is InChI=1S/C12H16O3S/c1-3-15-9-4-10-16(13,14)12-7-5-11(2)6-8-12/h4-8,10H,3,9H2,1-2H3/b10-4+. The summed E-state index contributed by atoms with van der Waals surface area (Å²) >= 11 is 0. The summed E-state index contributed by atoms with van der Waals surface area (Å²) in [5, 5.41) is 1.19. The average Bonchev–Trinajstić information content (AvgIpc) is 2.25. The highest BCUT2D eigenvalue weighted by Crippen LogP contribution is 2.12. The maximum absolute atomic E-state index is 11.8. The van der Waals surface area contributed by atoms with Gasteiger partial charge < -0.3 is 4.74 Å². The number of benzene rings is 1. The molecule has 16 heavy (non-hydrogen) atoms. The Morgan fingerprint density at radius 3 is 2.44 bits per heavy atom. The largest absolute Gasteiger partial charge is 0.378 e. The summed E-state index contributed by atoms with van der Waals surface area (Å²) in [6, 6.07) is 6.78. The van der Waals surface area contributed by atoms with Crippen molar-refractivity contribution >= 4 is 9.84 Å². The van der Waals surface area contributed by atoms with E-state index in [1.165, 1.54) is 11.5 Å². The first-order valence-corrected chi connectivity index (χ1v) is 6.67. The number of hydrogen-bond donors (Lipinski definition) is 0. The minimum Gasteiger partial charge on any atom is -0.378 e. The minimum atomic E-state index is -3.32. The summed E-state index contributed by atoms with van der Waals surface area (Å²) in [7, 11) is -3.32. The molecule has 0 bridgehead atoms. The molecule has 88 valence electrons. The van der Waals surface area contributed by atoms with Gasteiger partial charge in [0.25, 0.3) is 0 Å². The highest BCUT2D eigenvalue weighted by molar-refractivity contribution is 7.94. The van der Waals surface area contributed by atoms with Crippen molar-refractivity contribution in [2.75, 3.05) is 13.2 Å². The van der Waals surface area contributed by atoms with Gasteiger partial charge in [-0.15, -0.1) is 0 Å². The fraction of sp³-hybridized carbons (Fsp3) is 0.333. The van der Waals surface area contributed by atoms with Gasteiger partial charge in [0.2, 0.25) is 0 Å². The van der Waals surface area contributed by atoms with Crippen molar-refractivity contribution in [1.82, 2.24) is 0 Å². The van der Waals surface area contributed by atoms with Crippen molar-refractivity contribution in [3.63, 3.8) is 0 Å². The van der Waals surface area contributed by atoms with E-state index in [2.05, 4.69) is 0 Å². The summed E-state index contributed by atoms with van der Waals surface area (Å²) in [6.07, 6.45) is 1.51. The molecule has 0 N–H and O–H groups in total. The Hall–Kier alpha value is -1.13. The van der Waals surface area contributed by atoms with Crippen LogP contribution in [0, 0.1) is 6.92 Å². The topological polar surface area (TPSA) is 43.4 Å². The lowest BCUT2D eigenvalue weighted by Gasteiger charge is -1.99. The Balaban J connectivity index is 2.78. The molecule has 0 unspecified atom stereocenters. The monoisotopic (exact) mass is 240 g/mol. The predicted octanol–water partition coefficient (Wildman–Crippen LogP) is 2.32. The third kappa shape index (κ3) is 3.79. The second kappa shape index (κ2) is 5.82. The molecule has 1 aromatic rings. The highest BCUT2D eigenvalue weighted by atomic mass is 32.2. The van der Waals surface area contributed by atoms with Crippen LogP contribution in [0.25, 0.3) is 0 Å². The van der Waals surface area contributed by atoms with E-state index in [4.69, 9.17) is 4.74 Å². The molecule has 0 saturated heterocycles. The molecule has 0 fully saturated rings. The van der Waals surface area contributed by atoms with E-state index in [0.29, 0.717) is 18.1 Å². The second-order valence-corrected chi connectivity index (χ2v) is 5.22. The summed E-state index contributed by atoms with van der Waals surface area (Å²) < 4.78 is 28.6. The van der Waals surface area contributed by atoms with E-state index in [1.54, 1.807) is 24.3 Å². The molecule has 3 nitrogen and oxygen atoms in total. The maximum Gasteiger partial charge on any atom is 0.199 e. The fourth-order valence-corrected chi connectivity index (χ4v) is 2.16. The van der Waals surface area contributed by atoms with Crippen molar-refractivity contribution in [3.05, 3.63) is 41.3 Å². The van der Waals surface area contributed by atoms with Crippen LogP contribution in [0.1, 0.15) is 12.5 Å². The number of ether oxygens (including phenoxy) is 1. The van der Waals surface area contributed by atoms with Gasteiger partial charge >= 0.3 is 0 Å². The molecule has 0 aromatic heterocycles. The molecule has 0 radical (unpaired) electrons. The third-order valence-corrected chi connectivity index (χ3v) is 3.52. The molecular weight excluding hydrogens is 224 g/mol. The lowest BCUT2D eigenvalue weighted by molar-refractivity contribution is 0.177. The van der Waals surface area contributed by atoms with Crippen molar-refractivity contribution in [2.24, 2.45) is 0 Å². The quantitative estimate of drug-likeness (QED) is 0.742. The predicted molar refractivity (Wildman–Crippen MR) is 64.0 cm³/mol. The Morgan fingerprint density at radius 2 is 1.88 bits per heavy atom. The van der Waals surface area contributed by atoms with Crippen LogP contribution in [-0.4, -0.2) is 21.6 Å². The zero-order valence-electron chi connectivity index (χ0n) is 9.51. The Labute approximate surface area is 96.7 Å². The van der Waals surface area contributed by atoms with Crippen molar-refractivity contribution in [3.8, 4) is 0 Å². The number of sulfone groups is 1. The zero-order valence-corrected chi connectivity index (χ0v) is 10.3. The first-order valence-electron chi connectivity index (χ1n) is 5.12. The first-order chi connectivity index (χ1) is 7.56. The van der Waals surface area contributed by atoms with Crippen LogP contribution >= 0.6 is 0 Å². The van der Waals surface area contributed by atoms with Gasteiger partial charge in [-0.2, -0.15) is 0 Å². The van der Waals surface area contributed by atoms with Gasteiger partial charge in [-0.05, 0) is 32.1 Å². The molecule has 0 aliphatic heterocycles. The normalized spacial score (nSPS) is 12.1. The van der Waals surface area contributed by atoms with Crippen LogP contribution in [0.2, 0.25) is 0 Å². The molecule has 0 aliphatic carbocycles.